The number of aryl methyl sites for hydroxylation is 3. The topological polar surface area (TPSA) is 59.5 Å². The Morgan fingerprint density at radius 1 is 1.22 bits per heavy atom. The molecule has 1 amide bonds. The van der Waals surface area contributed by atoms with Gasteiger partial charge >= 0.3 is 5.91 Å². The van der Waals surface area contributed by atoms with E-state index in [1.807, 2.05) is 12.1 Å². The van der Waals surface area contributed by atoms with E-state index in [-0.39, 0.29) is 11.7 Å². The fourth-order valence-electron chi connectivity index (χ4n) is 3.99. The van der Waals surface area contributed by atoms with Crippen LogP contribution in [-0.2, 0) is 6.42 Å². The highest BCUT2D eigenvalue weighted by Crippen LogP contribution is 2.29. The summed E-state index contributed by atoms with van der Waals surface area (Å²) in [6.45, 7) is 8.46. The number of rotatable bonds is 5. The summed E-state index contributed by atoms with van der Waals surface area (Å²) in [5.41, 5.74) is 10.2. The number of halogens is 2. The lowest BCUT2D eigenvalue weighted by Gasteiger charge is -2.17. The third-order valence-corrected chi connectivity index (χ3v) is 6.78. The van der Waals surface area contributed by atoms with Crippen LogP contribution in [0.1, 0.15) is 45.6 Å². The largest absolute Gasteiger partial charge is 0.450 e. The monoisotopic (exact) mass is 603 g/mol. The van der Waals surface area contributed by atoms with Crippen LogP contribution in [0, 0.1) is 24.3 Å². The average Bonchev–Trinajstić information content (AvgIpc) is 3.29. The fourth-order valence-corrected chi connectivity index (χ4v) is 5.65. The smallest absolute Gasteiger partial charge is 0.307 e. The Morgan fingerprint density at radius 3 is 2.75 bits per heavy atom. The number of hydrogen-bond acceptors (Lipinski definition) is 3. The van der Waals surface area contributed by atoms with E-state index in [1.165, 1.54) is 16.8 Å². The van der Waals surface area contributed by atoms with Crippen molar-refractivity contribution in [2.75, 3.05) is 0 Å². The lowest BCUT2D eigenvalue weighted by molar-refractivity contribution is 0.0929. The van der Waals surface area contributed by atoms with Gasteiger partial charge in [-0.15, -0.1) is 0 Å². The van der Waals surface area contributed by atoms with Gasteiger partial charge in [-0.1, -0.05) is 41.1 Å². The molecule has 4 rings (SSSR count). The number of carbonyl (C=O) groups excluding carboxylic acids is 1. The van der Waals surface area contributed by atoms with Gasteiger partial charge in [-0.2, -0.15) is 5.10 Å². The van der Waals surface area contributed by atoms with Crippen molar-refractivity contribution in [3.8, 4) is 5.69 Å². The Hall–Kier alpha value is -2.39. The van der Waals surface area contributed by atoms with E-state index in [4.69, 9.17) is 4.42 Å². The second kappa shape index (κ2) is 9.23. The Kier molecular flexibility index (Phi) is 6.57. The summed E-state index contributed by atoms with van der Waals surface area (Å²) >= 11 is 5.66. The molecule has 0 saturated heterocycles. The minimum atomic E-state index is -0.384. The molecule has 5 nitrogen and oxygen atoms in total. The molecule has 0 unspecified atom stereocenters. The summed E-state index contributed by atoms with van der Waals surface area (Å²) in [4.78, 5) is 12.6. The van der Waals surface area contributed by atoms with Crippen molar-refractivity contribution >= 4 is 61.6 Å². The van der Waals surface area contributed by atoms with Crippen LogP contribution in [0.15, 0.2) is 56.5 Å². The van der Waals surface area contributed by atoms with Gasteiger partial charge in [0, 0.05) is 26.8 Å². The normalized spacial score (nSPS) is 11.6. The molecule has 0 bridgehead atoms. The maximum absolute atomic E-state index is 12.6. The Morgan fingerprint density at radius 2 is 2.00 bits per heavy atom. The van der Waals surface area contributed by atoms with Crippen LogP contribution >= 0.6 is 38.5 Å². The van der Waals surface area contributed by atoms with Crippen molar-refractivity contribution in [2.45, 2.75) is 34.1 Å². The average molecular weight is 604 g/mol. The predicted molar refractivity (Wildman–Crippen MR) is 141 cm³/mol. The van der Waals surface area contributed by atoms with E-state index in [0.717, 1.165) is 36.8 Å². The van der Waals surface area contributed by atoms with E-state index >= 15 is 0 Å². The zero-order chi connectivity index (χ0) is 23.0. The van der Waals surface area contributed by atoms with Gasteiger partial charge in [0.1, 0.15) is 5.58 Å². The third kappa shape index (κ3) is 4.28. The highest BCUT2D eigenvalue weighted by Gasteiger charge is 2.16. The molecular formula is C25H23BrIN3O2. The molecule has 0 fully saturated rings. The molecule has 0 aliphatic heterocycles. The zero-order valence-electron chi connectivity index (χ0n) is 18.3. The van der Waals surface area contributed by atoms with E-state index in [2.05, 4.69) is 106 Å². The van der Waals surface area contributed by atoms with Crippen LogP contribution < -0.4 is 5.43 Å². The van der Waals surface area contributed by atoms with Gasteiger partial charge in [-0.3, -0.25) is 4.79 Å². The van der Waals surface area contributed by atoms with Crippen molar-refractivity contribution < 1.29 is 9.21 Å². The molecule has 164 valence electrons. The summed E-state index contributed by atoms with van der Waals surface area (Å²) in [7, 11) is 0. The minimum absolute atomic E-state index is 0.228. The van der Waals surface area contributed by atoms with E-state index in [0.29, 0.717) is 5.58 Å². The summed E-state index contributed by atoms with van der Waals surface area (Å²) in [6.07, 6.45) is 2.64. The molecule has 0 aliphatic carbocycles. The van der Waals surface area contributed by atoms with Gasteiger partial charge in [0.15, 0.2) is 5.76 Å². The molecule has 2 heterocycles. The van der Waals surface area contributed by atoms with Crippen molar-refractivity contribution in [1.29, 1.82) is 0 Å². The molecule has 1 N–H and O–H groups in total. The highest BCUT2D eigenvalue weighted by molar-refractivity contribution is 14.1. The third-order valence-electron chi connectivity index (χ3n) is 5.53. The van der Waals surface area contributed by atoms with Crippen LogP contribution in [0.4, 0.5) is 0 Å². The number of fused-ring (bicyclic) bond motifs is 1. The SMILES string of the molecule is CCc1cccc(C)c1-n1c(C)cc(/C=N\NC(=O)c2cc3cc(Br)cc(I)c3o2)c1C. The molecule has 0 radical (unpaired) electrons. The number of amides is 1. The summed E-state index contributed by atoms with van der Waals surface area (Å²) < 4.78 is 9.88. The Labute approximate surface area is 209 Å². The van der Waals surface area contributed by atoms with Gasteiger partial charge in [0.25, 0.3) is 0 Å². The first-order valence-corrected chi connectivity index (χ1v) is 12.2. The number of nitrogens with one attached hydrogen (secondary N) is 1. The predicted octanol–water partition coefficient (Wildman–Crippen LogP) is 6.84. The standard InChI is InChI=1S/C25H23BrIN3O2/c1-5-17-8-6-7-14(2)23(17)30-15(3)9-19(16(30)4)13-28-29-25(31)22-11-18-10-20(26)12-21(27)24(18)32-22/h6-13H,5H2,1-4H3,(H,29,31)/b28-13-. The zero-order valence-corrected chi connectivity index (χ0v) is 22.0. The fraction of sp³-hybridized carbons (Fsp3) is 0.200. The summed E-state index contributed by atoms with van der Waals surface area (Å²) in [5.74, 6) is -0.156. The van der Waals surface area contributed by atoms with Crippen molar-refractivity contribution in [3.63, 3.8) is 0 Å². The van der Waals surface area contributed by atoms with Gasteiger partial charge in [0.2, 0.25) is 0 Å². The second-order valence-corrected chi connectivity index (χ2v) is 9.79. The molecule has 2 aromatic heterocycles. The molecule has 0 saturated carbocycles. The minimum Gasteiger partial charge on any atom is -0.450 e. The molecule has 7 heteroatoms. The highest BCUT2D eigenvalue weighted by atomic mass is 127. The number of nitrogens with zero attached hydrogens (tertiary/aromatic N) is 2. The Bertz CT molecular complexity index is 1370. The molecule has 0 atom stereocenters. The summed E-state index contributed by atoms with van der Waals surface area (Å²) in [6, 6.07) is 14.1. The number of carbonyl (C=O) groups is 1. The number of benzene rings is 2. The Balaban J connectivity index is 1.58. The lowest BCUT2D eigenvalue weighted by Crippen LogP contribution is -2.16. The molecule has 32 heavy (non-hydrogen) atoms. The first kappa shape index (κ1) is 22.8. The van der Waals surface area contributed by atoms with E-state index in [1.54, 1.807) is 12.3 Å². The summed E-state index contributed by atoms with van der Waals surface area (Å²) in [5, 5.41) is 5.06. The number of aromatic nitrogens is 1. The number of hydrogen-bond donors (Lipinski definition) is 1. The van der Waals surface area contributed by atoms with Crippen LogP contribution in [-0.4, -0.2) is 16.7 Å². The lowest BCUT2D eigenvalue weighted by atomic mass is 10.1. The second-order valence-electron chi connectivity index (χ2n) is 7.71. The number of furan rings is 1. The van der Waals surface area contributed by atoms with Crippen LogP contribution in [0.5, 0.6) is 0 Å². The van der Waals surface area contributed by atoms with Crippen LogP contribution in [0.3, 0.4) is 0 Å². The van der Waals surface area contributed by atoms with Crippen molar-refractivity contribution in [1.82, 2.24) is 9.99 Å². The quantitative estimate of drug-likeness (QED) is 0.154. The maximum atomic E-state index is 12.6. The van der Waals surface area contributed by atoms with Gasteiger partial charge < -0.3 is 8.98 Å². The number of hydrazone groups is 1. The molecule has 0 aliphatic rings. The first-order chi connectivity index (χ1) is 15.3. The molecule has 4 aromatic rings. The van der Waals surface area contributed by atoms with E-state index < -0.39 is 0 Å². The number of para-hydroxylation sites is 1. The van der Waals surface area contributed by atoms with Gasteiger partial charge in [0.05, 0.1) is 15.5 Å². The van der Waals surface area contributed by atoms with Crippen LogP contribution in [0.25, 0.3) is 16.7 Å². The molecule has 2 aromatic carbocycles. The van der Waals surface area contributed by atoms with Gasteiger partial charge in [-0.05, 0) is 85.2 Å². The van der Waals surface area contributed by atoms with E-state index in [9.17, 15) is 4.79 Å². The van der Waals surface area contributed by atoms with Crippen molar-refractivity contribution in [2.24, 2.45) is 5.10 Å². The molecular weight excluding hydrogens is 581 g/mol. The maximum Gasteiger partial charge on any atom is 0.307 e. The molecule has 0 spiro atoms. The van der Waals surface area contributed by atoms with Crippen LogP contribution in [0.2, 0.25) is 0 Å². The first-order valence-electron chi connectivity index (χ1n) is 10.3. The van der Waals surface area contributed by atoms with Gasteiger partial charge in [-0.25, -0.2) is 5.43 Å². The van der Waals surface area contributed by atoms with Crippen molar-refractivity contribution in [3.05, 3.63) is 84.3 Å².